The summed E-state index contributed by atoms with van der Waals surface area (Å²) in [5, 5.41) is 6.53. The van der Waals surface area contributed by atoms with Gasteiger partial charge < -0.3 is 15.4 Å². The maximum atomic E-state index is 12.9. The van der Waals surface area contributed by atoms with E-state index in [4.69, 9.17) is 16.3 Å². The van der Waals surface area contributed by atoms with E-state index in [1.165, 1.54) is 11.3 Å². The summed E-state index contributed by atoms with van der Waals surface area (Å²) in [5.41, 5.74) is 2.22. The minimum Gasteiger partial charge on any atom is -0.497 e. The molecule has 28 heavy (non-hydrogen) atoms. The summed E-state index contributed by atoms with van der Waals surface area (Å²) in [4.78, 5) is 26.5. The molecule has 7 heteroatoms. The molecule has 2 aromatic carbocycles. The van der Waals surface area contributed by atoms with Gasteiger partial charge in [-0.1, -0.05) is 29.8 Å². The average Bonchev–Trinajstić information content (AvgIpc) is 2.95. The van der Waals surface area contributed by atoms with Crippen LogP contribution in [0.3, 0.4) is 0 Å². The second-order valence-corrected chi connectivity index (χ2v) is 7.74. The van der Waals surface area contributed by atoms with Gasteiger partial charge in [-0.25, -0.2) is 0 Å². The van der Waals surface area contributed by atoms with E-state index in [0.29, 0.717) is 32.6 Å². The number of benzene rings is 2. The highest BCUT2D eigenvalue weighted by atomic mass is 35.5. The molecule has 0 aliphatic carbocycles. The molecular weight excluding hydrogens is 396 g/mol. The first-order chi connectivity index (χ1) is 13.4. The summed E-state index contributed by atoms with van der Waals surface area (Å²) in [6.45, 7) is 3.77. The minimum atomic E-state index is -0.359. The van der Waals surface area contributed by atoms with Gasteiger partial charge in [-0.15, -0.1) is 11.3 Å². The van der Waals surface area contributed by atoms with Crippen molar-refractivity contribution in [2.45, 2.75) is 13.8 Å². The number of methoxy groups -OCH3 is 1. The van der Waals surface area contributed by atoms with Gasteiger partial charge in [0.2, 0.25) is 0 Å². The molecule has 1 aromatic heterocycles. The maximum Gasteiger partial charge on any atom is 0.258 e. The zero-order chi connectivity index (χ0) is 20.3. The van der Waals surface area contributed by atoms with Crippen molar-refractivity contribution >= 4 is 45.4 Å². The predicted molar refractivity (Wildman–Crippen MR) is 114 cm³/mol. The number of hydrogen-bond acceptors (Lipinski definition) is 4. The van der Waals surface area contributed by atoms with Crippen LogP contribution in [-0.4, -0.2) is 18.9 Å². The number of thiophene rings is 1. The Morgan fingerprint density at radius 3 is 2.46 bits per heavy atom. The summed E-state index contributed by atoms with van der Waals surface area (Å²) in [6.07, 6.45) is 0. The molecule has 5 nitrogen and oxygen atoms in total. The molecule has 3 rings (SSSR count). The van der Waals surface area contributed by atoms with Crippen molar-refractivity contribution in [1.82, 2.24) is 0 Å². The van der Waals surface area contributed by atoms with E-state index in [9.17, 15) is 9.59 Å². The number of carbonyl (C=O) groups excluding carboxylic acids is 2. The van der Waals surface area contributed by atoms with Gasteiger partial charge in [-0.3, -0.25) is 9.59 Å². The number of anilines is 2. The Balaban J connectivity index is 1.88. The van der Waals surface area contributed by atoms with E-state index in [1.807, 2.05) is 13.8 Å². The maximum absolute atomic E-state index is 12.9. The number of amides is 2. The van der Waals surface area contributed by atoms with Crippen molar-refractivity contribution in [2.24, 2.45) is 0 Å². The van der Waals surface area contributed by atoms with E-state index in [2.05, 4.69) is 10.6 Å². The smallest absolute Gasteiger partial charge is 0.258 e. The van der Waals surface area contributed by atoms with Crippen molar-refractivity contribution in [3.05, 3.63) is 75.1 Å². The number of nitrogens with one attached hydrogen (secondary N) is 2. The molecule has 2 N–H and O–H groups in total. The molecule has 144 valence electrons. The van der Waals surface area contributed by atoms with Crippen molar-refractivity contribution in [3.8, 4) is 5.75 Å². The molecular formula is C21H19ClN2O3S. The van der Waals surface area contributed by atoms with Crippen LogP contribution < -0.4 is 15.4 Å². The number of aryl methyl sites for hydroxylation is 1. The lowest BCUT2D eigenvalue weighted by atomic mass is 10.1. The van der Waals surface area contributed by atoms with E-state index >= 15 is 0 Å². The summed E-state index contributed by atoms with van der Waals surface area (Å²) in [6, 6.07) is 13.9. The number of carbonyl (C=O) groups is 2. The Morgan fingerprint density at radius 2 is 1.75 bits per heavy atom. The highest BCUT2D eigenvalue weighted by molar-refractivity contribution is 7.16. The minimum absolute atomic E-state index is 0.301. The largest absolute Gasteiger partial charge is 0.497 e. The molecule has 0 fully saturated rings. The van der Waals surface area contributed by atoms with Crippen molar-refractivity contribution in [2.75, 3.05) is 17.7 Å². The van der Waals surface area contributed by atoms with Crippen LogP contribution in [0.4, 0.5) is 10.7 Å². The fourth-order valence-corrected chi connectivity index (χ4v) is 3.97. The lowest BCUT2D eigenvalue weighted by Crippen LogP contribution is -2.17. The van der Waals surface area contributed by atoms with Gasteiger partial charge in [-0.2, -0.15) is 0 Å². The predicted octanol–water partition coefficient (Wildman–Crippen LogP) is 5.53. The fraction of sp³-hybridized carbons (Fsp3) is 0.143. The van der Waals surface area contributed by atoms with Gasteiger partial charge in [0.15, 0.2) is 0 Å². The Bertz CT molecular complexity index is 1050. The first-order valence-electron chi connectivity index (χ1n) is 8.52. The number of halogens is 1. The van der Waals surface area contributed by atoms with E-state index in [1.54, 1.807) is 55.6 Å². The molecule has 3 aromatic rings. The average molecular weight is 415 g/mol. The van der Waals surface area contributed by atoms with Crippen LogP contribution in [0.25, 0.3) is 0 Å². The Morgan fingerprint density at radius 1 is 1.00 bits per heavy atom. The molecule has 0 aliphatic heterocycles. The third-order valence-electron chi connectivity index (χ3n) is 4.29. The van der Waals surface area contributed by atoms with Crippen molar-refractivity contribution in [3.63, 3.8) is 0 Å². The van der Waals surface area contributed by atoms with Crippen LogP contribution >= 0.6 is 22.9 Å². The van der Waals surface area contributed by atoms with E-state index in [-0.39, 0.29) is 11.8 Å². The van der Waals surface area contributed by atoms with Gasteiger partial charge in [0.05, 0.1) is 23.3 Å². The molecule has 0 unspecified atom stereocenters. The normalized spacial score (nSPS) is 10.4. The van der Waals surface area contributed by atoms with Gasteiger partial charge >= 0.3 is 0 Å². The highest BCUT2D eigenvalue weighted by Gasteiger charge is 2.22. The van der Waals surface area contributed by atoms with Gasteiger partial charge in [0, 0.05) is 16.6 Å². The molecule has 0 saturated carbocycles. The van der Waals surface area contributed by atoms with E-state index in [0.717, 1.165) is 10.4 Å². The summed E-state index contributed by atoms with van der Waals surface area (Å²) in [7, 11) is 1.57. The Kier molecular flexibility index (Phi) is 6.02. The molecule has 0 saturated heterocycles. The summed E-state index contributed by atoms with van der Waals surface area (Å²) >= 11 is 7.47. The monoisotopic (exact) mass is 414 g/mol. The molecule has 0 aliphatic rings. The molecule has 0 atom stereocenters. The van der Waals surface area contributed by atoms with Crippen molar-refractivity contribution in [1.29, 1.82) is 0 Å². The summed E-state index contributed by atoms with van der Waals surface area (Å²) in [5.74, 6) is -0.0184. The summed E-state index contributed by atoms with van der Waals surface area (Å²) < 4.78 is 5.19. The number of ether oxygens (including phenoxy) is 1. The second-order valence-electron chi connectivity index (χ2n) is 6.11. The van der Waals surface area contributed by atoms with Crippen LogP contribution in [0, 0.1) is 13.8 Å². The first-order valence-corrected chi connectivity index (χ1v) is 9.71. The lowest BCUT2D eigenvalue weighted by molar-refractivity contribution is 0.102. The molecule has 0 radical (unpaired) electrons. The number of rotatable bonds is 5. The molecule has 0 bridgehead atoms. The van der Waals surface area contributed by atoms with Gasteiger partial charge in [-0.05, 0) is 43.7 Å². The van der Waals surface area contributed by atoms with Gasteiger partial charge in [0.1, 0.15) is 10.8 Å². The lowest BCUT2D eigenvalue weighted by Gasteiger charge is -2.10. The SMILES string of the molecule is COc1cccc(NC(=O)c2c(NC(=O)c3ccccc3Cl)sc(C)c2C)c1. The zero-order valence-electron chi connectivity index (χ0n) is 15.6. The quantitative estimate of drug-likeness (QED) is 0.576. The molecule has 2 amide bonds. The standard InChI is InChI=1S/C21H19ClN2O3S/c1-12-13(2)28-21(24-19(25)16-9-4-5-10-17(16)22)18(12)20(26)23-14-7-6-8-15(11-14)27-3/h4-11H,1-3H3,(H,23,26)(H,24,25). The van der Waals surface area contributed by atoms with E-state index < -0.39 is 0 Å². The van der Waals surface area contributed by atoms with Crippen molar-refractivity contribution < 1.29 is 14.3 Å². The van der Waals surface area contributed by atoms with Crippen LogP contribution in [0.5, 0.6) is 5.75 Å². The fourth-order valence-electron chi connectivity index (χ4n) is 2.70. The van der Waals surface area contributed by atoms with Crippen LogP contribution in [0.1, 0.15) is 31.2 Å². The molecule has 0 spiro atoms. The first kappa shape index (κ1) is 19.9. The zero-order valence-corrected chi connectivity index (χ0v) is 17.2. The third-order valence-corrected chi connectivity index (χ3v) is 5.74. The Labute approximate surface area is 172 Å². The Hall–Kier alpha value is -2.83. The second kappa shape index (κ2) is 8.46. The van der Waals surface area contributed by atoms with Crippen LogP contribution in [-0.2, 0) is 0 Å². The number of hydrogen-bond donors (Lipinski definition) is 2. The molecule has 1 heterocycles. The van der Waals surface area contributed by atoms with Crippen LogP contribution in [0.15, 0.2) is 48.5 Å². The van der Waals surface area contributed by atoms with Crippen LogP contribution in [0.2, 0.25) is 5.02 Å². The highest BCUT2D eigenvalue weighted by Crippen LogP contribution is 2.34. The third kappa shape index (κ3) is 4.18. The topological polar surface area (TPSA) is 67.4 Å². The van der Waals surface area contributed by atoms with Gasteiger partial charge in [0.25, 0.3) is 11.8 Å².